The van der Waals surface area contributed by atoms with E-state index in [1.54, 1.807) is 24.5 Å². The number of hydrogen-bond donors (Lipinski definition) is 1. The van der Waals surface area contributed by atoms with Crippen molar-refractivity contribution in [3.8, 4) is 17.2 Å². The van der Waals surface area contributed by atoms with Crippen molar-refractivity contribution in [2.75, 3.05) is 21.3 Å². The fourth-order valence-electron chi connectivity index (χ4n) is 2.78. The topological polar surface area (TPSA) is 82.0 Å². The predicted octanol–water partition coefficient (Wildman–Crippen LogP) is 3.29. The summed E-state index contributed by atoms with van der Waals surface area (Å²) in [6.07, 6.45) is 3.35. The molecular formula is C22H21N3O4. The third kappa shape index (κ3) is 4.52. The van der Waals surface area contributed by atoms with E-state index in [2.05, 4.69) is 15.5 Å². The van der Waals surface area contributed by atoms with Gasteiger partial charge in [-0.1, -0.05) is 30.3 Å². The summed E-state index contributed by atoms with van der Waals surface area (Å²) in [5, 5.41) is 4.37. The Bertz CT molecular complexity index is 939. The summed E-state index contributed by atoms with van der Waals surface area (Å²) in [6, 6.07) is 16.4. The molecule has 7 nitrogen and oxygen atoms in total. The fraction of sp³-hybridized carbons (Fsp3) is 0.136. The maximum absolute atomic E-state index is 12.8. The van der Waals surface area contributed by atoms with Crippen molar-refractivity contribution >= 4 is 11.6 Å². The Labute approximate surface area is 169 Å². The van der Waals surface area contributed by atoms with Crippen LogP contribution in [0.3, 0.4) is 0 Å². The highest BCUT2D eigenvalue weighted by molar-refractivity contribution is 6.13. The second-order valence-corrected chi connectivity index (χ2v) is 5.92. The normalized spacial score (nSPS) is 10.9. The van der Waals surface area contributed by atoms with Gasteiger partial charge in [-0.05, 0) is 24.3 Å². The number of methoxy groups -OCH3 is 3. The lowest BCUT2D eigenvalue weighted by atomic mass is 10.0. The third-order valence-corrected chi connectivity index (χ3v) is 4.20. The summed E-state index contributed by atoms with van der Waals surface area (Å²) in [5.74, 6) is 0.778. The fourth-order valence-corrected chi connectivity index (χ4v) is 2.78. The highest BCUT2D eigenvalue weighted by Gasteiger charge is 2.17. The van der Waals surface area contributed by atoms with Crippen LogP contribution in [0.1, 0.15) is 21.5 Å². The van der Waals surface area contributed by atoms with E-state index in [4.69, 9.17) is 14.2 Å². The molecule has 0 atom stereocenters. The van der Waals surface area contributed by atoms with E-state index in [1.165, 1.54) is 21.3 Å². The van der Waals surface area contributed by atoms with Gasteiger partial charge in [-0.25, -0.2) is 5.43 Å². The van der Waals surface area contributed by atoms with Gasteiger partial charge in [0.05, 0.1) is 27.0 Å². The molecule has 0 saturated carbocycles. The van der Waals surface area contributed by atoms with Gasteiger partial charge in [0.2, 0.25) is 5.75 Å². The lowest BCUT2D eigenvalue weighted by Gasteiger charge is -2.13. The zero-order valence-electron chi connectivity index (χ0n) is 16.4. The molecule has 148 valence electrons. The van der Waals surface area contributed by atoms with Crippen LogP contribution in [0.15, 0.2) is 72.1 Å². The average molecular weight is 391 g/mol. The van der Waals surface area contributed by atoms with Crippen molar-refractivity contribution < 1.29 is 19.0 Å². The van der Waals surface area contributed by atoms with Crippen LogP contribution in [0.25, 0.3) is 0 Å². The van der Waals surface area contributed by atoms with Crippen LogP contribution >= 0.6 is 0 Å². The molecule has 1 aromatic heterocycles. The van der Waals surface area contributed by atoms with Crippen molar-refractivity contribution in [3.63, 3.8) is 0 Å². The van der Waals surface area contributed by atoms with Crippen molar-refractivity contribution in [2.45, 2.75) is 0 Å². The summed E-state index contributed by atoms with van der Waals surface area (Å²) in [4.78, 5) is 16.8. The van der Waals surface area contributed by atoms with Crippen LogP contribution in [0, 0.1) is 0 Å². The van der Waals surface area contributed by atoms with Gasteiger partial charge in [-0.2, -0.15) is 5.10 Å². The number of ether oxygens (including phenoxy) is 3. The zero-order chi connectivity index (χ0) is 20.6. The Hall–Kier alpha value is -3.87. The molecule has 0 bridgehead atoms. The van der Waals surface area contributed by atoms with Crippen molar-refractivity contribution in [1.82, 2.24) is 10.4 Å². The second kappa shape index (κ2) is 9.36. The van der Waals surface area contributed by atoms with Gasteiger partial charge in [-0.3, -0.25) is 9.78 Å². The van der Waals surface area contributed by atoms with Crippen molar-refractivity contribution in [2.24, 2.45) is 5.10 Å². The zero-order valence-corrected chi connectivity index (χ0v) is 16.4. The number of rotatable bonds is 7. The molecule has 1 N–H and O–H groups in total. The molecule has 0 spiro atoms. The number of hydrazone groups is 1. The molecule has 0 fully saturated rings. The number of carbonyl (C=O) groups excluding carboxylic acids is 1. The number of hydrogen-bond acceptors (Lipinski definition) is 6. The van der Waals surface area contributed by atoms with Crippen LogP contribution in [0.2, 0.25) is 0 Å². The minimum Gasteiger partial charge on any atom is -0.493 e. The lowest BCUT2D eigenvalue weighted by molar-refractivity contribution is 0.0954. The molecule has 0 aliphatic heterocycles. The van der Waals surface area contributed by atoms with Gasteiger partial charge in [-0.15, -0.1) is 0 Å². The first-order valence-electron chi connectivity index (χ1n) is 8.81. The summed E-state index contributed by atoms with van der Waals surface area (Å²) in [5.41, 5.74) is 5.25. The van der Waals surface area contributed by atoms with E-state index in [0.717, 1.165) is 11.1 Å². The number of amides is 1. The molecule has 7 heteroatoms. The number of nitrogens with zero attached hydrogens (tertiary/aromatic N) is 2. The van der Waals surface area contributed by atoms with Gasteiger partial charge in [0, 0.05) is 29.1 Å². The van der Waals surface area contributed by atoms with Gasteiger partial charge in [0.15, 0.2) is 11.5 Å². The van der Waals surface area contributed by atoms with E-state index in [9.17, 15) is 4.79 Å². The number of benzene rings is 2. The summed E-state index contributed by atoms with van der Waals surface area (Å²) in [7, 11) is 4.49. The molecular weight excluding hydrogens is 370 g/mol. The van der Waals surface area contributed by atoms with E-state index >= 15 is 0 Å². The Morgan fingerprint density at radius 1 is 0.828 bits per heavy atom. The van der Waals surface area contributed by atoms with Crippen LogP contribution in [-0.2, 0) is 0 Å². The largest absolute Gasteiger partial charge is 0.493 e. The molecule has 29 heavy (non-hydrogen) atoms. The van der Waals surface area contributed by atoms with E-state index in [-0.39, 0.29) is 0 Å². The third-order valence-electron chi connectivity index (χ3n) is 4.20. The van der Waals surface area contributed by atoms with Gasteiger partial charge in [0.1, 0.15) is 0 Å². The molecule has 3 aromatic rings. The average Bonchev–Trinajstić information content (AvgIpc) is 2.79. The molecule has 1 amide bonds. The Kier molecular flexibility index (Phi) is 6.42. The number of pyridine rings is 1. The van der Waals surface area contributed by atoms with E-state index < -0.39 is 5.91 Å². The molecule has 0 aliphatic carbocycles. The molecule has 3 rings (SSSR count). The summed E-state index contributed by atoms with van der Waals surface area (Å²) in [6.45, 7) is 0. The first-order chi connectivity index (χ1) is 14.2. The minimum absolute atomic E-state index is 0.324. The maximum Gasteiger partial charge on any atom is 0.271 e. The van der Waals surface area contributed by atoms with Crippen molar-refractivity contribution in [3.05, 3.63) is 83.7 Å². The highest BCUT2D eigenvalue weighted by Crippen LogP contribution is 2.38. The van der Waals surface area contributed by atoms with Gasteiger partial charge in [0.25, 0.3) is 5.91 Å². The van der Waals surface area contributed by atoms with Gasteiger partial charge < -0.3 is 14.2 Å². The van der Waals surface area contributed by atoms with Crippen molar-refractivity contribution in [1.29, 1.82) is 0 Å². The molecule has 0 radical (unpaired) electrons. The molecule has 1 heterocycles. The lowest BCUT2D eigenvalue weighted by Crippen LogP contribution is -2.21. The standard InChI is InChI=1S/C22H21N3O4/c1-27-18-13-17(14-19(28-2)21(18)29-3)22(26)25-24-20(15-7-5-4-6-8-15)16-9-11-23-12-10-16/h4-14H,1-3H3,(H,25,26)/b24-20-. The van der Waals surface area contributed by atoms with E-state index in [1.807, 2.05) is 42.5 Å². The summed E-state index contributed by atoms with van der Waals surface area (Å²) < 4.78 is 15.9. The monoisotopic (exact) mass is 391 g/mol. The molecule has 0 aliphatic rings. The second-order valence-electron chi connectivity index (χ2n) is 5.92. The van der Waals surface area contributed by atoms with E-state index in [0.29, 0.717) is 28.5 Å². The first-order valence-corrected chi connectivity index (χ1v) is 8.81. The quantitative estimate of drug-likeness (QED) is 0.494. The van der Waals surface area contributed by atoms with Gasteiger partial charge >= 0.3 is 0 Å². The Morgan fingerprint density at radius 3 is 1.97 bits per heavy atom. The van der Waals surface area contributed by atoms with Crippen LogP contribution in [-0.4, -0.2) is 37.9 Å². The smallest absolute Gasteiger partial charge is 0.271 e. The van der Waals surface area contributed by atoms with Crippen LogP contribution in [0.4, 0.5) is 0 Å². The summed E-state index contributed by atoms with van der Waals surface area (Å²) >= 11 is 0. The number of carbonyl (C=O) groups is 1. The minimum atomic E-state index is -0.410. The first kappa shape index (κ1) is 19.9. The molecule has 0 saturated heterocycles. The SMILES string of the molecule is COc1cc(C(=O)N/N=C(/c2ccccc2)c2ccncc2)cc(OC)c1OC. The Balaban J connectivity index is 1.95. The molecule has 0 unspecified atom stereocenters. The number of nitrogens with one attached hydrogen (secondary N) is 1. The number of aromatic nitrogens is 1. The van der Waals surface area contributed by atoms with Crippen LogP contribution in [0.5, 0.6) is 17.2 Å². The predicted molar refractivity (Wildman–Crippen MR) is 110 cm³/mol. The maximum atomic E-state index is 12.8. The molecule has 2 aromatic carbocycles. The highest BCUT2D eigenvalue weighted by atomic mass is 16.5. The Morgan fingerprint density at radius 2 is 1.41 bits per heavy atom. The van der Waals surface area contributed by atoms with Crippen LogP contribution < -0.4 is 19.6 Å².